The monoisotopic (exact) mass is 550 g/mol. The van der Waals surface area contributed by atoms with Crippen LogP contribution in [-0.4, -0.2) is 67.5 Å². The van der Waals surface area contributed by atoms with Crippen LogP contribution in [0.3, 0.4) is 0 Å². The van der Waals surface area contributed by atoms with E-state index in [-0.39, 0.29) is 50.5 Å². The van der Waals surface area contributed by atoms with Gasteiger partial charge in [-0.05, 0) is 50.9 Å². The molecule has 0 unspecified atom stereocenters. The average molecular weight is 551 g/mol. The highest BCUT2D eigenvalue weighted by molar-refractivity contribution is 7.89. The molecule has 2 saturated heterocycles. The van der Waals surface area contributed by atoms with Crippen LogP contribution >= 0.6 is 0 Å². The van der Waals surface area contributed by atoms with Gasteiger partial charge in [-0.3, -0.25) is 0 Å². The molecule has 2 atom stereocenters. The number of halogens is 5. The van der Waals surface area contributed by atoms with Crippen molar-refractivity contribution < 1.29 is 35.5 Å². The molecule has 2 aliphatic heterocycles. The van der Waals surface area contributed by atoms with Gasteiger partial charge in [-0.2, -0.15) is 18.2 Å². The zero-order chi connectivity index (χ0) is 27.0. The Balaban J connectivity index is 1.55. The van der Waals surface area contributed by atoms with Crippen LogP contribution < -0.4 is 20.3 Å². The van der Waals surface area contributed by atoms with Crippen molar-refractivity contribution in [3.05, 3.63) is 35.8 Å². The van der Waals surface area contributed by atoms with Crippen molar-refractivity contribution in [3.8, 4) is 0 Å². The van der Waals surface area contributed by atoms with Crippen LogP contribution in [0.25, 0.3) is 0 Å². The zero-order valence-electron chi connectivity index (χ0n) is 19.8. The molecular formula is C22H27F5N6O3S. The first kappa shape index (κ1) is 27.4. The number of nitrogens with zero attached hydrogens (tertiary/aromatic N) is 3. The first-order valence-corrected chi connectivity index (χ1v) is 13.1. The molecule has 0 amide bonds. The molecular weight excluding hydrogens is 523 g/mol. The molecule has 2 aromatic rings. The number of piperidine rings is 2. The number of aromatic nitrogens is 2. The second kappa shape index (κ2) is 10.3. The normalized spacial score (nSPS) is 22.6. The summed E-state index contributed by atoms with van der Waals surface area (Å²) in [6.45, 7) is 2.27. The van der Waals surface area contributed by atoms with Crippen molar-refractivity contribution in [3.63, 3.8) is 0 Å². The molecule has 2 aliphatic rings. The molecule has 3 heterocycles. The summed E-state index contributed by atoms with van der Waals surface area (Å²) in [5, 5.41) is 15.4. The third-order valence-electron chi connectivity index (χ3n) is 6.43. The Bertz CT molecular complexity index is 1230. The summed E-state index contributed by atoms with van der Waals surface area (Å²) < 4.78 is 97.1. The summed E-state index contributed by atoms with van der Waals surface area (Å²) in [5.41, 5.74) is -2.34. The molecule has 15 heteroatoms. The highest BCUT2D eigenvalue weighted by Gasteiger charge is 2.39. The molecule has 0 aliphatic carbocycles. The molecule has 2 fully saturated rings. The fourth-order valence-corrected chi connectivity index (χ4v) is 5.49. The largest absolute Gasteiger partial charge is 0.421 e. The molecule has 9 nitrogen and oxygen atoms in total. The first-order chi connectivity index (χ1) is 17.2. The van der Waals surface area contributed by atoms with Gasteiger partial charge < -0.3 is 20.6 Å². The van der Waals surface area contributed by atoms with Crippen molar-refractivity contribution in [2.75, 3.05) is 36.4 Å². The van der Waals surface area contributed by atoms with E-state index in [4.69, 9.17) is 0 Å². The number of benzene rings is 1. The number of hydrogen-bond acceptors (Lipinski definition) is 8. The second-order valence-electron chi connectivity index (χ2n) is 9.42. The number of aliphatic hydroxyl groups is 1. The van der Waals surface area contributed by atoms with Gasteiger partial charge in [-0.1, -0.05) is 0 Å². The van der Waals surface area contributed by atoms with Crippen molar-refractivity contribution in [1.82, 2.24) is 20.0 Å². The summed E-state index contributed by atoms with van der Waals surface area (Å²) >= 11 is 0. The van der Waals surface area contributed by atoms with Gasteiger partial charge in [-0.15, -0.1) is 0 Å². The summed E-state index contributed by atoms with van der Waals surface area (Å²) in [7, 11) is -4.23. The molecule has 4 rings (SSSR count). The second-order valence-corrected chi connectivity index (χ2v) is 11.1. The third-order valence-corrected chi connectivity index (χ3v) is 7.91. The lowest BCUT2D eigenvalue weighted by Crippen LogP contribution is -2.50. The Morgan fingerprint density at radius 1 is 1.24 bits per heavy atom. The Kier molecular flexibility index (Phi) is 7.61. The van der Waals surface area contributed by atoms with E-state index in [0.717, 1.165) is 18.2 Å². The van der Waals surface area contributed by atoms with Crippen LogP contribution in [0, 0.1) is 5.82 Å². The van der Waals surface area contributed by atoms with Crippen LogP contribution in [0.5, 0.6) is 0 Å². The van der Waals surface area contributed by atoms with Gasteiger partial charge in [0.2, 0.25) is 16.0 Å². The minimum absolute atomic E-state index is 0.00370. The highest BCUT2D eigenvalue weighted by Crippen LogP contribution is 2.37. The molecule has 37 heavy (non-hydrogen) atoms. The lowest BCUT2D eigenvalue weighted by Gasteiger charge is -2.37. The van der Waals surface area contributed by atoms with E-state index < -0.39 is 56.1 Å². The van der Waals surface area contributed by atoms with Crippen molar-refractivity contribution in [2.24, 2.45) is 0 Å². The van der Waals surface area contributed by atoms with Gasteiger partial charge in [0.1, 0.15) is 23.4 Å². The quantitative estimate of drug-likeness (QED) is 0.406. The minimum atomic E-state index is -4.74. The van der Waals surface area contributed by atoms with E-state index in [0.29, 0.717) is 12.7 Å². The molecule has 0 saturated carbocycles. The van der Waals surface area contributed by atoms with E-state index >= 15 is 0 Å². The predicted molar refractivity (Wildman–Crippen MR) is 125 cm³/mol. The van der Waals surface area contributed by atoms with Crippen LogP contribution in [0.4, 0.5) is 39.4 Å². The van der Waals surface area contributed by atoms with Gasteiger partial charge in [0, 0.05) is 25.8 Å². The average Bonchev–Trinajstić information content (AvgIpc) is 2.81. The predicted octanol–water partition coefficient (Wildman–Crippen LogP) is 2.71. The van der Waals surface area contributed by atoms with E-state index in [2.05, 4.69) is 25.3 Å². The van der Waals surface area contributed by atoms with Crippen molar-refractivity contribution in [1.29, 1.82) is 0 Å². The van der Waals surface area contributed by atoms with Gasteiger partial charge >= 0.3 is 6.18 Å². The third kappa shape index (κ3) is 6.45. The topological polar surface area (TPSA) is 119 Å². The van der Waals surface area contributed by atoms with Gasteiger partial charge in [-0.25, -0.2) is 26.9 Å². The molecule has 4 N–H and O–H groups in total. The Labute approximate surface area is 210 Å². The maximum absolute atomic E-state index is 14.8. The lowest BCUT2D eigenvalue weighted by molar-refractivity contribution is -0.137. The maximum atomic E-state index is 14.8. The Morgan fingerprint density at radius 3 is 2.57 bits per heavy atom. The molecule has 0 bridgehead atoms. The summed E-state index contributed by atoms with van der Waals surface area (Å²) in [4.78, 5) is 8.57. The molecule has 0 spiro atoms. The number of anilines is 3. The number of alkyl halides is 4. The Hall–Kier alpha value is -2.62. The lowest BCUT2D eigenvalue weighted by atomic mass is 9.94. The van der Waals surface area contributed by atoms with E-state index in [1.54, 1.807) is 6.92 Å². The summed E-state index contributed by atoms with van der Waals surface area (Å²) in [5.74, 6) is -1.76. The number of hydrogen-bond donors (Lipinski definition) is 4. The zero-order valence-corrected chi connectivity index (χ0v) is 20.6. The van der Waals surface area contributed by atoms with Crippen molar-refractivity contribution >= 4 is 27.5 Å². The standard InChI is InChI=1S/C22H27F5N6O3S/c1-21(34)5-8-33(9-6-21)19-14(22(25,26)27)11-29-20(31-19)30-17-3-2-13(10-15(17)23)37(35,36)32-18-4-7-28-12-16(18)24/h2-3,10-11,16,18,28,32,34H,4-9,12H2,1H3,(H,29,30,31)/t16-,18+/m0/s1. The summed E-state index contributed by atoms with van der Waals surface area (Å²) in [6.07, 6.45) is -4.90. The van der Waals surface area contributed by atoms with Crippen LogP contribution in [0.2, 0.25) is 0 Å². The van der Waals surface area contributed by atoms with Crippen LogP contribution in [0.15, 0.2) is 29.3 Å². The van der Waals surface area contributed by atoms with E-state index in [1.165, 1.54) is 4.90 Å². The Morgan fingerprint density at radius 2 is 1.95 bits per heavy atom. The molecule has 1 aromatic carbocycles. The minimum Gasteiger partial charge on any atom is -0.390 e. The number of nitrogens with one attached hydrogen (secondary N) is 3. The first-order valence-electron chi connectivity index (χ1n) is 11.6. The van der Waals surface area contributed by atoms with Gasteiger partial charge in [0.05, 0.1) is 22.2 Å². The number of rotatable bonds is 6. The van der Waals surface area contributed by atoms with Gasteiger partial charge in [0.15, 0.2) is 0 Å². The number of sulfonamides is 1. The smallest absolute Gasteiger partial charge is 0.390 e. The highest BCUT2D eigenvalue weighted by atomic mass is 32.2. The summed E-state index contributed by atoms with van der Waals surface area (Å²) in [6, 6.07) is 1.93. The molecule has 204 valence electrons. The van der Waals surface area contributed by atoms with Crippen LogP contribution in [-0.2, 0) is 16.2 Å². The van der Waals surface area contributed by atoms with E-state index in [9.17, 15) is 35.5 Å². The van der Waals surface area contributed by atoms with E-state index in [1.807, 2.05) is 0 Å². The van der Waals surface area contributed by atoms with Gasteiger partial charge in [0.25, 0.3) is 0 Å². The van der Waals surface area contributed by atoms with Crippen LogP contribution in [0.1, 0.15) is 31.7 Å². The maximum Gasteiger partial charge on any atom is 0.421 e. The SMILES string of the molecule is CC1(O)CCN(c2nc(Nc3ccc(S(=O)(=O)N[C@@H]4CCNC[C@@H]4F)cc3F)ncc2C(F)(F)F)CC1. The fraction of sp³-hybridized carbons (Fsp3) is 0.545. The fourth-order valence-electron chi connectivity index (χ4n) is 4.18. The van der Waals surface area contributed by atoms with Crippen molar-refractivity contribution in [2.45, 2.75) is 55.1 Å². The molecule has 1 aromatic heterocycles. The molecule has 0 radical (unpaired) electrons.